The Bertz CT molecular complexity index is 988. The van der Waals surface area contributed by atoms with Gasteiger partial charge in [-0.3, -0.25) is 9.59 Å². The van der Waals surface area contributed by atoms with Crippen LogP contribution in [-0.2, 0) is 22.4 Å². The van der Waals surface area contributed by atoms with Crippen LogP contribution >= 0.6 is 11.3 Å². The van der Waals surface area contributed by atoms with Crippen molar-refractivity contribution >= 4 is 39.8 Å². The van der Waals surface area contributed by atoms with Crippen LogP contribution in [0.5, 0.6) is 0 Å². The van der Waals surface area contributed by atoms with Crippen LogP contribution in [0.25, 0.3) is 0 Å². The minimum atomic E-state index is -0.520. The first-order chi connectivity index (χ1) is 14.1. The van der Waals surface area contributed by atoms with E-state index in [4.69, 9.17) is 4.74 Å². The molecule has 0 radical (unpaired) electrons. The van der Waals surface area contributed by atoms with Crippen LogP contribution in [-0.4, -0.2) is 24.9 Å². The molecule has 2 N–H and O–H groups in total. The van der Waals surface area contributed by atoms with Gasteiger partial charge in [0.2, 0.25) is 5.91 Å². The molecule has 0 saturated carbocycles. The molecular weight excluding hydrogens is 400 g/mol. The summed E-state index contributed by atoms with van der Waals surface area (Å²) in [6.07, 6.45) is 2.67. The zero-order valence-electron chi connectivity index (χ0n) is 18.0. The first-order valence-electron chi connectivity index (χ1n) is 10.0. The quantitative estimate of drug-likeness (QED) is 0.679. The van der Waals surface area contributed by atoms with Crippen LogP contribution in [0.2, 0.25) is 0 Å². The van der Waals surface area contributed by atoms with E-state index in [9.17, 15) is 14.4 Å². The van der Waals surface area contributed by atoms with Gasteiger partial charge in [0.15, 0.2) is 0 Å². The number of amides is 2. The van der Waals surface area contributed by atoms with E-state index in [1.54, 1.807) is 24.3 Å². The number of carbonyl (C=O) groups is 3. The van der Waals surface area contributed by atoms with Gasteiger partial charge in [0.1, 0.15) is 5.00 Å². The predicted molar refractivity (Wildman–Crippen MR) is 119 cm³/mol. The van der Waals surface area contributed by atoms with E-state index in [1.165, 1.54) is 25.4 Å². The van der Waals surface area contributed by atoms with Crippen LogP contribution in [0.1, 0.15) is 65.3 Å². The Kier molecular flexibility index (Phi) is 6.31. The van der Waals surface area contributed by atoms with Crippen molar-refractivity contribution in [3.05, 3.63) is 45.8 Å². The van der Waals surface area contributed by atoms with Crippen molar-refractivity contribution in [1.29, 1.82) is 0 Å². The summed E-state index contributed by atoms with van der Waals surface area (Å²) in [6.45, 7) is 8.15. The van der Waals surface area contributed by atoms with E-state index in [-0.39, 0.29) is 22.8 Å². The molecular formula is C23H28N2O4S. The van der Waals surface area contributed by atoms with Crippen LogP contribution in [0.15, 0.2) is 24.3 Å². The lowest BCUT2D eigenvalue weighted by atomic mass is 9.72. The van der Waals surface area contributed by atoms with Gasteiger partial charge in [-0.2, -0.15) is 0 Å². The number of hydrogen-bond acceptors (Lipinski definition) is 5. The molecule has 160 valence electrons. The molecule has 0 unspecified atom stereocenters. The van der Waals surface area contributed by atoms with Crippen molar-refractivity contribution in [2.75, 3.05) is 17.7 Å². The Hall–Kier alpha value is -2.67. The summed E-state index contributed by atoms with van der Waals surface area (Å²) in [6, 6.07) is 6.72. The molecule has 2 amide bonds. The number of carbonyl (C=O) groups excluding carboxylic acids is 3. The molecule has 1 heterocycles. The average molecular weight is 429 g/mol. The maximum absolute atomic E-state index is 13.3. The summed E-state index contributed by atoms with van der Waals surface area (Å²) in [5.41, 5.74) is 2.34. The molecule has 1 atom stereocenters. The van der Waals surface area contributed by atoms with E-state index in [2.05, 4.69) is 31.4 Å². The summed E-state index contributed by atoms with van der Waals surface area (Å²) < 4.78 is 4.81. The lowest BCUT2D eigenvalue weighted by Gasteiger charge is -2.33. The lowest BCUT2D eigenvalue weighted by Crippen LogP contribution is -2.27. The summed E-state index contributed by atoms with van der Waals surface area (Å²) in [7, 11) is 1.30. The minimum Gasteiger partial charge on any atom is -0.465 e. The Morgan fingerprint density at radius 2 is 1.83 bits per heavy atom. The second-order valence-corrected chi connectivity index (χ2v) is 9.79. The van der Waals surface area contributed by atoms with Crippen LogP contribution in [0.3, 0.4) is 0 Å². The number of fused-ring (bicyclic) bond motifs is 1. The van der Waals surface area contributed by atoms with Gasteiger partial charge in [0.25, 0.3) is 5.91 Å². The molecule has 0 bridgehead atoms. The number of anilines is 2. The van der Waals surface area contributed by atoms with Crippen molar-refractivity contribution < 1.29 is 19.1 Å². The second kappa shape index (κ2) is 8.60. The number of benzene rings is 1. The van der Waals surface area contributed by atoms with Crippen molar-refractivity contribution in [3.63, 3.8) is 0 Å². The SMILES string of the molecule is COC(=O)c1ccccc1NC(=O)c1c(NC(C)=O)sc2c1CC[C@H](C(C)(C)C)C2. The maximum Gasteiger partial charge on any atom is 0.339 e. The van der Waals surface area contributed by atoms with Gasteiger partial charge >= 0.3 is 5.97 Å². The molecule has 30 heavy (non-hydrogen) atoms. The number of ether oxygens (including phenoxy) is 1. The molecule has 1 aliphatic carbocycles. The zero-order valence-corrected chi connectivity index (χ0v) is 18.9. The van der Waals surface area contributed by atoms with Crippen LogP contribution in [0.4, 0.5) is 10.7 Å². The second-order valence-electron chi connectivity index (χ2n) is 8.69. The number of esters is 1. The third kappa shape index (κ3) is 4.56. The zero-order chi connectivity index (χ0) is 22.1. The summed E-state index contributed by atoms with van der Waals surface area (Å²) in [4.78, 5) is 38.2. The van der Waals surface area contributed by atoms with E-state index < -0.39 is 5.97 Å². The van der Waals surface area contributed by atoms with Gasteiger partial charge in [0, 0.05) is 11.8 Å². The summed E-state index contributed by atoms with van der Waals surface area (Å²) >= 11 is 1.48. The molecule has 0 aliphatic heterocycles. The van der Waals surface area contributed by atoms with E-state index in [1.807, 2.05) is 0 Å². The number of thiophene rings is 1. The first-order valence-corrected chi connectivity index (χ1v) is 10.8. The van der Waals surface area contributed by atoms with Gasteiger partial charge < -0.3 is 15.4 Å². The topological polar surface area (TPSA) is 84.5 Å². The highest BCUT2D eigenvalue weighted by molar-refractivity contribution is 7.17. The molecule has 1 aromatic carbocycles. The first kappa shape index (κ1) is 22.0. The lowest BCUT2D eigenvalue weighted by molar-refractivity contribution is -0.114. The Labute approximate surface area is 181 Å². The number of para-hydroxylation sites is 1. The molecule has 0 spiro atoms. The molecule has 1 aromatic heterocycles. The normalized spacial score (nSPS) is 15.8. The average Bonchev–Trinajstić information content (AvgIpc) is 3.03. The monoisotopic (exact) mass is 428 g/mol. The minimum absolute atomic E-state index is 0.178. The Morgan fingerprint density at radius 1 is 1.13 bits per heavy atom. The molecule has 6 nitrogen and oxygen atoms in total. The van der Waals surface area contributed by atoms with Gasteiger partial charge in [0.05, 0.1) is 23.9 Å². The van der Waals surface area contributed by atoms with Crippen LogP contribution < -0.4 is 10.6 Å². The summed E-state index contributed by atoms with van der Waals surface area (Å²) in [5, 5.41) is 6.24. The van der Waals surface area contributed by atoms with Crippen LogP contribution in [0, 0.1) is 11.3 Å². The highest BCUT2D eigenvalue weighted by atomic mass is 32.1. The number of rotatable bonds is 4. The number of hydrogen-bond donors (Lipinski definition) is 2. The van der Waals surface area contributed by atoms with Gasteiger partial charge in [-0.1, -0.05) is 32.9 Å². The van der Waals surface area contributed by atoms with Gasteiger partial charge in [-0.25, -0.2) is 4.79 Å². The van der Waals surface area contributed by atoms with Crippen molar-refractivity contribution in [1.82, 2.24) is 0 Å². The predicted octanol–water partition coefficient (Wildman–Crippen LogP) is 4.90. The third-order valence-electron chi connectivity index (χ3n) is 5.59. The largest absolute Gasteiger partial charge is 0.465 e. The Morgan fingerprint density at radius 3 is 2.47 bits per heavy atom. The van der Waals surface area contributed by atoms with E-state index in [0.717, 1.165) is 29.7 Å². The molecule has 1 aliphatic rings. The highest BCUT2D eigenvalue weighted by Crippen LogP contribution is 2.44. The fourth-order valence-corrected chi connectivity index (χ4v) is 5.25. The molecule has 0 fully saturated rings. The number of methoxy groups -OCH3 is 1. The molecule has 7 heteroatoms. The highest BCUT2D eigenvalue weighted by Gasteiger charge is 2.34. The van der Waals surface area contributed by atoms with Crippen molar-refractivity contribution in [2.45, 2.75) is 47.0 Å². The van der Waals surface area contributed by atoms with Crippen molar-refractivity contribution in [2.24, 2.45) is 11.3 Å². The molecule has 3 rings (SSSR count). The standard InChI is InChI=1S/C23H28N2O4S/c1-13(26)24-21-19(16-11-10-14(23(2,3)4)12-18(16)30-21)20(27)25-17-9-7-6-8-15(17)22(28)29-5/h6-9,14H,10-12H2,1-5H3,(H,24,26)(H,25,27)/t14-/m0/s1. The fourth-order valence-electron chi connectivity index (χ4n) is 3.88. The van der Waals surface area contributed by atoms with Gasteiger partial charge in [-0.05, 0) is 48.3 Å². The van der Waals surface area contributed by atoms with E-state index in [0.29, 0.717) is 22.2 Å². The van der Waals surface area contributed by atoms with Crippen molar-refractivity contribution in [3.8, 4) is 0 Å². The number of nitrogens with one attached hydrogen (secondary N) is 2. The third-order valence-corrected chi connectivity index (χ3v) is 6.76. The smallest absolute Gasteiger partial charge is 0.339 e. The van der Waals surface area contributed by atoms with E-state index >= 15 is 0 Å². The maximum atomic E-state index is 13.3. The fraction of sp³-hybridized carbons (Fsp3) is 0.435. The van der Waals surface area contributed by atoms with Gasteiger partial charge in [-0.15, -0.1) is 11.3 Å². The molecule has 0 saturated heterocycles. The molecule has 2 aromatic rings. The summed E-state index contributed by atoms with van der Waals surface area (Å²) in [5.74, 6) is -0.551. The Balaban J connectivity index is 1.97.